The highest BCUT2D eigenvalue weighted by Gasteiger charge is 2.30. The van der Waals surface area contributed by atoms with Crippen molar-refractivity contribution in [2.45, 2.75) is 36.2 Å². The summed E-state index contributed by atoms with van der Waals surface area (Å²) < 4.78 is 15.7. The molecule has 0 aliphatic carbocycles. The second kappa shape index (κ2) is 8.47. The van der Waals surface area contributed by atoms with E-state index in [9.17, 15) is 9.18 Å². The van der Waals surface area contributed by atoms with E-state index < -0.39 is 0 Å². The zero-order chi connectivity index (χ0) is 21.4. The van der Waals surface area contributed by atoms with Gasteiger partial charge in [-0.2, -0.15) is 0 Å². The van der Waals surface area contributed by atoms with E-state index in [1.54, 1.807) is 28.5 Å². The van der Waals surface area contributed by atoms with Crippen LogP contribution in [0.25, 0.3) is 5.65 Å². The minimum Gasteiger partial charge on any atom is -0.348 e. The molecule has 2 saturated heterocycles. The Morgan fingerprint density at radius 3 is 3.00 bits per heavy atom. The lowest BCUT2D eigenvalue weighted by Gasteiger charge is -2.27. The standard InChI is InChI=1S/C22H25FN6OS/c1-31-19-5-4-14(23)11-16(19)17-3-2-10-28(17)21-7-6-20-25-13-18(29(20)27-21)22(30)26-15-8-9-24-12-15/h4-7,11,13,15,17,24H,2-3,8-10,12H2,1H3,(H,26,30)/t15?,17-/m1/s1. The second-order valence-corrected chi connectivity index (χ2v) is 8.85. The van der Waals surface area contributed by atoms with Gasteiger partial charge in [0.2, 0.25) is 0 Å². The summed E-state index contributed by atoms with van der Waals surface area (Å²) in [5.41, 5.74) is 2.05. The van der Waals surface area contributed by atoms with Crippen molar-refractivity contribution < 1.29 is 9.18 Å². The molecule has 0 radical (unpaired) electrons. The smallest absolute Gasteiger partial charge is 0.271 e. The van der Waals surface area contributed by atoms with Gasteiger partial charge in [-0.3, -0.25) is 4.79 Å². The minimum atomic E-state index is -0.224. The van der Waals surface area contributed by atoms with Crippen molar-refractivity contribution in [1.29, 1.82) is 0 Å². The van der Waals surface area contributed by atoms with Crippen LogP contribution in [-0.4, -0.2) is 52.4 Å². The van der Waals surface area contributed by atoms with Crippen LogP contribution in [0.1, 0.15) is 41.4 Å². The average molecular weight is 441 g/mol. The number of carbonyl (C=O) groups is 1. The summed E-state index contributed by atoms with van der Waals surface area (Å²) in [4.78, 5) is 20.4. The van der Waals surface area contributed by atoms with Gasteiger partial charge in [0.25, 0.3) is 5.91 Å². The van der Waals surface area contributed by atoms with Gasteiger partial charge < -0.3 is 15.5 Å². The molecule has 2 N–H and O–H groups in total. The van der Waals surface area contributed by atoms with Crippen molar-refractivity contribution in [3.63, 3.8) is 0 Å². The van der Waals surface area contributed by atoms with Crippen molar-refractivity contribution in [2.24, 2.45) is 0 Å². The highest BCUT2D eigenvalue weighted by atomic mass is 32.2. The number of fused-ring (bicyclic) bond motifs is 1. The summed E-state index contributed by atoms with van der Waals surface area (Å²) in [7, 11) is 0. The number of benzene rings is 1. The van der Waals surface area contributed by atoms with Gasteiger partial charge >= 0.3 is 0 Å². The van der Waals surface area contributed by atoms with Crippen molar-refractivity contribution in [3.8, 4) is 0 Å². The first-order valence-corrected chi connectivity index (χ1v) is 11.8. The molecule has 2 aromatic heterocycles. The zero-order valence-electron chi connectivity index (χ0n) is 17.3. The summed E-state index contributed by atoms with van der Waals surface area (Å²) in [6.07, 6.45) is 6.44. The molecular weight excluding hydrogens is 415 g/mol. The number of nitrogens with one attached hydrogen (secondary N) is 2. The van der Waals surface area contributed by atoms with Crippen molar-refractivity contribution in [1.82, 2.24) is 25.2 Å². The summed E-state index contributed by atoms with van der Waals surface area (Å²) >= 11 is 1.63. The summed E-state index contributed by atoms with van der Waals surface area (Å²) in [5.74, 6) is 0.373. The molecule has 2 fully saturated rings. The monoisotopic (exact) mass is 440 g/mol. The van der Waals surface area contributed by atoms with Crippen LogP contribution in [-0.2, 0) is 0 Å². The molecule has 0 bridgehead atoms. The first-order valence-electron chi connectivity index (χ1n) is 10.6. The number of anilines is 1. The van der Waals surface area contributed by atoms with Crippen LogP contribution in [0.2, 0.25) is 0 Å². The molecular formula is C22H25FN6OS. The van der Waals surface area contributed by atoms with Crippen LogP contribution in [0.4, 0.5) is 10.2 Å². The molecule has 0 saturated carbocycles. The maximum absolute atomic E-state index is 14.0. The Hall–Kier alpha value is -2.65. The van der Waals surface area contributed by atoms with Gasteiger partial charge in [0, 0.05) is 24.0 Å². The third-order valence-corrected chi connectivity index (χ3v) is 6.89. The first-order chi connectivity index (χ1) is 15.1. The van der Waals surface area contributed by atoms with E-state index in [4.69, 9.17) is 5.10 Å². The second-order valence-electron chi connectivity index (χ2n) is 8.01. The molecule has 4 heterocycles. The fourth-order valence-electron chi connectivity index (χ4n) is 4.54. The molecule has 0 spiro atoms. The Morgan fingerprint density at radius 1 is 1.29 bits per heavy atom. The fraction of sp³-hybridized carbons (Fsp3) is 0.409. The maximum Gasteiger partial charge on any atom is 0.271 e. The normalized spacial score (nSPS) is 21.2. The number of hydrogen-bond acceptors (Lipinski definition) is 6. The average Bonchev–Trinajstić information content (AvgIpc) is 3.53. The quantitative estimate of drug-likeness (QED) is 0.594. The lowest BCUT2D eigenvalue weighted by Crippen LogP contribution is -2.37. The fourth-order valence-corrected chi connectivity index (χ4v) is 5.17. The Kier molecular flexibility index (Phi) is 5.54. The SMILES string of the molecule is CSc1ccc(F)cc1[C@H]1CCCN1c1ccc2ncc(C(=O)NC3CCNC3)n2n1. The molecule has 1 amide bonds. The van der Waals surface area contributed by atoms with Crippen LogP contribution < -0.4 is 15.5 Å². The predicted molar refractivity (Wildman–Crippen MR) is 119 cm³/mol. The van der Waals surface area contributed by atoms with E-state index in [1.807, 2.05) is 24.5 Å². The number of thioether (sulfide) groups is 1. The van der Waals surface area contributed by atoms with Crippen molar-refractivity contribution in [2.75, 3.05) is 30.8 Å². The topological polar surface area (TPSA) is 74.6 Å². The lowest BCUT2D eigenvalue weighted by molar-refractivity contribution is 0.0933. The molecule has 31 heavy (non-hydrogen) atoms. The number of amides is 1. The predicted octanol–water partition coefficient (Wildman–Crippen LogP) is 3.02. The largest absolute Gasteiger partial charge is 0.348 e. The van der Waals surface area contributed by atoms with E-state index >= 15 is 0 Å². The summed E-state index contributed by atoms with van der Waals surface area (Å²) in [6.45, 7) is 2.52. The van der Waals surface area contributed by atoms with E-state index in [2.05, 4.69) is 20.5 Å². The van der Waals surface area contributed by atoms with E-state index in [-0.39, 0.29) is 23.8 Å². The first kappa shape index (κ1) is 20.3. The van der Waals surface area contributed by atoms with Crippen molar-refractivity contribution >= 4 is 29.1 Å². The molecule has 2 aliphatic heterocycles. The lowest BCUT2D eigenvalue weighted by atomic mass is 10.0. The van der Waals surface area contributed by atoms with Gasteiger partial charge in [-0.15, -0.1) is 16.9 Å². The Labute approximate surface area is 184 Å². The molecule has 5 rings (SSSR count). The van der Waals surface area contributed by atoms with Crippen LogP contribution in [0.5, 0.6) is 0 Å². The van der Waals surface area contributed by atoms with E-state index in [0.29, 0.717) is 11.3 Å². The number of carbonyl (C=O) groups excluding carboxylic acids is 1. The summed E-state index contributed by atoms with van der Waals surface area (Å²) in [6, 6.07) is 8.98. The highest BCUT2D eigenvalue weighted by molar-refractivity contribution is 7.98. The molecule has 7 nitrogen and oxygen atoms in total. The van der Waals surface area contributed by atoms with Crippen LogP contribution in [0, 0.1) is 5.82 Å². The number of hydrogen-bond donors (Lipinski definition) is 2. The van der Waals surface area contributed by atoms with Gasteiger partial charge in [0.1, 0.15) is 11.6 Å². The van der Waals surface area contributed by atoms with Crippen LogP contribution in [0.15, 0.2) is 41.4 Å². The third-order valence-electron chi connectivity index (χ3n) is 6.07. The van der Waals surface area contributed by atoms with E-state index in [1.165, 1.54) is 6.07 Å². The zero-order valence-corrected chi connectivity index (χ0v) is 18.2. The molecule has 162 valence electrons. The number of nitrogens with zero attached hydrogens (tertiary/aromatic N) is 4. The molecule has 1 aromatic carbocycles. The van der Waals surface area contributed by atoms with Gasteiger partial charge in [0.15, 0.2) is 11.3 Å². The Balaban J connectivity index is 1.47. The van der Waals surface area contributed by atoms with E-state index in [0.717, 1.165) is 55.2 Å². The number of imidazole rings is 1. The Bertz CT molecular complexity index is 1110. The van der Waals surface area contributed by atoms with Crippen molar-refractivity contribution in [3.05, 3.63) is 53.6 Å². The molecule has 2 atom stereocenters. The molecule has 3 aromatic rings. The summed E-state index contributed by atoms with van der Waals surface area (Å²) in [5, 5.41) is 11.1. The molecule has 9 heteroatoms. The van der Waals surface area contributed by atoms with Gasteiger partial charge in [-0.1, -0.05) is 0 Å². The van der Waals surface area contributed by atoms with Crippen LogP contribution in [0.3, 0.4) is 0 Å². The molecule has 1 unspecified atom stereocenters. The third kappa shape index (κ3) is 3.87. The van der Waals surface area contributed by atoms with Gasteiger partial charge in [-0.05, 0) is 68.0 Å². The minimum absolute atomic E-state index is 0.0495. The Morgan fingerprint density at radius 2 is 2.19 bits per heavy atom. The number of rotatable bonds is 5. The van der Waals surface area contributed by atoms with Crippen LogP contribution >= 0.6 is 11.8 Å². The van der Waals surface area contributed by atoms with Gasteiger partial charge in [-0.25, -0.2) is 13.9 Å². The maximum atomic E-state index is 14.0. The van der Waals surface area contributed by atoms with Gasteiger partial charge in [0.05, 0.1) is 12.2 Å². The number of halogens is 1. The molecule has 2 aliphatic rings. The highest BCUT2D eigenvalue weighted by Crippen LogP contribution is 2.39. The number of aromatic nitrogens is 3.